The maximum absolute atomic E-state index is 12.1. The summed E-state index contributed by atoms with van der Waals surface area (Å²) < 4.78 is 1.22. The molecule has 168 valence electrons. The summed E-state index contributed by atoms with van der Waals surface area (Å²) in [6.07, 6.45) is 10.2. The molecule has 5 aliphatic carbocycles. The smallest absolute Gasteiger partial charge is 0.252 e. The van der Waals surface area contributed by atoms with Crippen LogP contribution < -0.4 is 5.73 Å². The molecule has 4 bridgehead atoms. The van der Waals surface area contributed by atoms with Gasteiger partial charge in [-0.2, -0.15) is 0 Å². The lowest BCUT2D eigenvalue weighted by atomic mass is 9.35. The van der Waals surface area contributed by atoms with Crippen molar-refractivity contribution in [1.29, 1.82) is 0 Å². The highest BCUT2D eigenvalue weighted by atomic mass is 16.3. The summed E-state index contributed by atoms with van der Waals surface area (Å²) in [6, 6.07) is 4.55. The Balaban J connectivity index is 1.57. The van der Waals surface area contributed by atoms with Gasteiger partial charge in [0, 0.05) is 35.2 Å². The Morgan fingerprint density at radius 3 is 2.68 bits per heavy atom. The molecule has 3 N–H and O–H groups in total. The van der Waals surface area contributed by atoms with Crippen LogP contribution in [0.1, 0.15) is 80.3 Å². The van der Waals surface area contributed by atoms with Gasteiger partial charge in [-0.25, -0.2) is 0 Å². The lowest BCUT2D eigenvalue weighted by Gasteiger charge is -2.73. The molecule has 1 aliphatic heterocycles. The van der Waals surface area contributed by atoms with Crippen LogP contribution in [-0.4, -0.2) is 41.7 Å². The van der Waals surface area contributed by atoms with E-state index in [2.05, 4.69) is 27.0 Å². The first-order chi connectivity index (χ1) is 14.7. The van der Waals surface area contributed by atoms with Gasteiger partial charge in [0.15, 0.2) is 0 Å². The predicted molar refractivity (Wildman–Crippen MR) is 122 cm³/mol. The van der Waals surface area contributed by atoms with Crippen molar-refractivity contribution in [3.05, 3.63) is 28.8 Å². The molecule has 6 aliphatic rings. The van der Waals surface area contributed by atoms with E-state index in [0.29, 0.717) is 11.6 Å². The number of primary amides is 1. The van der Waals surface area contributed by atoms with Crippen LogP contribution in [0.5, 0.6) is 5.75 Å². The molecule has 1 unspecified atom stereocenters. The van der Waals surface area contributed by atoms with Crippen molar-refractivity contribution in [3.8, 4) is 5.75 Å². The van der Waals surface area contributed by atoms with E-state index in [1.807, 2.05) is 0 Å². The Hall–Kier alpha value is -1.55. The molecule has 5 fully saturated rings. The number of rotatable bonds is 4. The van der Waals surface area contributed by atoms with Crippen molar-refractivity contribution < 1.29 is 14.4 Å². The van der Waals surface area contributed by atoms with Gasteiger partial charge >= 0.3 is 0 Å². The Labute approximate surface area is 186 Å². The molecule has 1 aromatic carbocycles. The number of benzene rings is 1. The molecule has 1 heterocycles. The second-order valence-corrected chi connectivity index (χ2v) is 12.5. The van der Waals surface area contributed by atoms with Crippen molar-refractivity contribution in [3.63, 3.8) is 0 Å². The number of likely N-dealkylation sites (N-methyl/N-ethyl adjacent to an activating group) is 1. The van der Waals surface area contributed by atoms with Crippen LogP contribution in [0, 0.1) is 29.1 Å². The number of carbonyl (C=O) groups is 1. The van der Waals surface area contributed by atoms with Gasteiger partial charge in [-0.15, -0.1) is 0 Å². The summed E-state index contributed by atoms with van der Waals surface area (Å²) in [5, 5.41) is 11.4. The van der Waals surface area contributed by atoms with E-state index in [-0.39, 0.29) is 16.6 Å². The van der Waals surface area contributed by atoms with Crippen molar-refractivity contribution in [2.75, 3.05) is 20.1 Å². The fraction of sp³-hybridized carbons (Fsp3) is 0.741. The molecule has 4 nitrogen and oxygen atoms in total. The van der Waals surface area contributed by atoms with E-state index in [1.54, 1.807) is 6.07 Å². The number of nitrogens with two attached hydrogens (primary N) is 1. The van der Waals surface area contributed by atoms with E-state index >= 15 is 0 Å². The Kier molecular flexibility index (Phi) is 4.07. The molecule has 0 aromatic heterocycles. The van der Waals surface area contributed by atoms with Crippen molar-refractivity contribution in [2.45, 2.75) is 76.7 Å². The fourth-order valence-corrected chi connectivity index (χ4v) is 9.38. The normalized spacial score (nSPS) is 42.9. The number of carbonyl (C=O) groups excluding carboxylic acids is 1. The third kappa shape index (κ3) is 2.49. The predicted octanol–water partition coefficient (Wildman–Crippen LogP) is 4.38. The monoisotopic (exact) mass is 423 g/mol. The maximum Gasteiger partial charge on any atom is 0.252 e. The van der Waals surface area contributed by atoms with Gasteiger partial charge < -0.3 is 15.3 Å². The van der Waals surface area contributed by atoms with E-state index < -0.39 is 5.91 Å². The Morgan fingerprint density at radius 2 is 2.00 bits per heavy atom. The number of likely N-dealkylation sites (tertiary alicyclic amines) is 1. The van der Waals surface area contributed by atoms with Crippen LogP contribution in [0.2, 0.25) is 0 Å². The lowest BCUT2D eigenvalue weighted by molar-refractivity contribution is -0.952. The summed E-state index contributed by atoms with van der Waals surface area (Å²) in [7, 11) is 2.55. The number of hydrogen-bond donors (Lipinski definition) is 2. The average molecular weight is 424 g/mol. The van der Waals surface area contributed by atoms with Crippen molar-refractivity contribution in [1.82, 2.24) is 0 Å². The molecule has 1 saturated heterocycles. The van der Waals surface area contributed by atoms with Gasteiger partial charge in [-0.3, -0.25) is 4.79 Å². The molecule has 7 rings (SSSR count). The van der Waals surface area contributed by atoms with Crippen LogP contribution in [0.4, 0.5) is 0 Å². The first-order valence-corrected chi connectivity index (χ1v) is 12.7. The number of nitrogens with zero attached hydrogens (tertiary/aromatic N) is 1. The average Bonchev–Trinajstić information content (AvgIpc) is 3.53. The highest BCUT2D eigenvalue weighted by Gasteiger charge is 2.73. The van der Waals surface area contributed by atoms with Gasteiger partial charge in [0.05, 0.1) is 31.7 Å². The minimum Gasteiger partial charge on any atom is -0.507 e. The number of hydrogen-bond acceptors (Lipinski definition) is 2. The first-order valence-electron chi connectivity index (χ1n) is 12.7. The summed E-state index contributed by atoms with van der Waals surface area (Å²) in [5.74, 6) is 2.88. The topological polar surface area (TPSA) is 63.3 Å². The van der Waals surface area contributed by atoms with Gasteiger partial charge in [-0.05, 0) is 67.9 Å². The fourth-order valence-electron chi connectivity index (χ4n) is 9.38. The molecule has 1 amide bonds. The molecule has 6 atom stereocenters. The number of phenols is 1. The first kappa shape index (κ1) is 20.1. The number of fused-ring (bicyclic) bond motifs is 3. The second kappa shape index (κ2) is 6.27. The van der Waals surface area contributed by atoms with E-state index in [0.717, 1.165) is 42.1 Å². The van der Waals surface area contributed by atoms with Crippen LogP contribution in [0.25, 0.3) is 0 Å². The number of quaternary nitrogens is 1. The zero-order valence-corrected chi connectivity index (χ0v) is 19.5. The number of amides is 1. The molecular formula is C27H39N2O2+. The Bertz CT molecular complexity index is 953. The third-order valence-corrected chi connectivity index (χ3v) is 10.8. The molecule has 4 heteroatoms. The Morgan fingerprint density at radius 1 is 1.23 bits per heavy atom. The van der Waals surface area contributed by atoms with E-state index in [1.165, 1.54) is 61.7 Å². The second-order valence-electron chi connectivity index (χ2n) is 12.5. The summed E-state index contributed by atoms with van der Waals surface area (Å²) >= 11 is 0. The molecule has 1 spiro atoms. The highest BCUT2D eigenvalue weighted by molar-refractivity contribution is 5.96. The third-order valence-electron chi connectivity index (χ3n) is 10.8. The molecule has 0 radical (unpaired) electrons. The standard InChI is InChI=1S/C27H38N2O2/c1-16(2)21-14-26-9-8-19(21)13-27(26)10-11-29(3,15-17-4-5-17)22(26)12-18-6-7-20(25(28)31)24(30)23(18)27/h6-7,16-17,19,21-22H,4-5,8-15H2,1-3H3,(H2-,28,30,31)/p+1/t19?,21-,22-,26-,27-,29-/m1/s1. The number of aromatic hydroxyl groups is 1. The van der Waals surface area contributed by atoms with Crippen LogP contribution in [-0.2, 0) is 11.8 Å². The minimum atomic E-state index is -0.501. The van der Waals surface area contributed by atoms with Gasteiger partial charge in [0.2, 0.25) is 0 Å². The lowest BCUT2D eigenvalue weighted by Crippen LogP contribution is -2.77. The van der Waals surface area contributed by atoms with Crippen molar-refractivity contribution in [2.24, 2.45) is 34.8 Å². The van der Waals surface area contributed by atoms with Crippen LogP contribution in [0.3, 0.4) is 0 Å². The molecule has 1 aromatic rings. The van der Waals surface area contributed by atoms with E-state index in [9.17, 15) is 9.90 Å². The van der Waals surface area contributed by atoms with E-state index in [4.69, 9.17) is 5.73 Å². The van der Waals surface area contributed by atoms with Gasteiger partial charge in [0.25, 0.3) is 5.91 Å². The van der Waals surface area contributed by atoms with Crippen molar-refractivity contribution >= 4 is 5.91 Å². The largest absolute Gasteiger partial charge is 0.507 e. The minimum absolute atomic E-state index is 0.0242. The van der Waals surface area contributed by atoms with Crippen LogP contribution in [0.15, 0.2) is 12.1 Å². The molecular weight excluding hydrogens is 384 g/mol. The molecule has 31 heavy (non-hydrogen) atoms. The zero-order chi connectivity index (χ0) is 21.8. The van der Waals surface area contributed by atoms with Crippen LogP contribution >= 0.6 is 0 Å². The summed E-state index contributed by atoms with van der Waals surface area (Å²) in [5.41, 5.74) is 8.70. The molecule has 4 saturated carbocycles. The SMILES string of the molecule is CC(C)[C@H]1C[C@@]23CCC1C[C@@]21CC[N@+](C)(CC2CC2)[C@@H]3Cc2ccc(C(N)=O)c(O)c21. The summed E-state index contributed by atoms with van der Waals surface area (Å²) in [6.45, 7) is 7.38. The van der Waals surface area contributed by atoms with Gasteiger partial charge in [-0.1, -0.05) is 19.9 Å². The number of piperidine rings is 1. The highest BCUT2D eigenvalue weighted by Crippen LogP contribution is 2.73. The quantitative estimate of drug-likeness (QED) is 0.706. The summed E-state index contributed by atoms with van der Waals surface area (Å²) in [4.78, 5) is 12.1. The van der Waals surface area contributed by atoms with Gasteiger partial charge in [0.1, 0.15) is 5.75 Å². The maximum atomic E-state index is 12.1. The zero-order valence-electron chi connectivity index (χ0n) is 19.5.